The van der Waals surface area contributed by atoms with Gasteiger partial charge in [0.05, 0.1) is 0 Å². The van der Waals surface area contributed by atoms with Crippen LogP contribution in [0, 0.1) is 34.5 Å². The van der Waals surface area contributed by atoms with Crippen LogP contribution in [0.1, 0.15) is 52.9 Å². The van der Waals surface area contributed by atoms with Crippen molar-refractivity contribution in [2.24, 2.45) is 34.5 Å². The number of aliphatic hydroxyl groups excluding tert-OH is 1. The lowest BCUT2D eigenvalue weighted by Crippen LogP contribution is -2.60. The number of allylic oxidation sites excluding steroid dienone is 4. The number of rotatable bonds is 2. The second kappa shape index (κ2) is 5.62. The Morgan fingerprint density at radius 1 is 1.31 bits per heavy atom. The first-order valence-electron chi connectivity index (χ1n) is 9.97. The molecule has 3 fully saturated rings. The largest absolute Gasteiger partial charge is 0.388 e. The zero-order valence-corrected chi connectivity index (χ0v) is 16.0. The first-order chi connectivity index (χ1) is 12.2. The molecule has 4 nitrogen and oxygen atoms in total. The van der Waals surface area contributed by atoms with Crippen LogP contribution in [0.15, 0.2) is 23.8 Å². The monoisotopic (exact) mass is 358 g/mol. The number of fused-ring (bicyclic) bond motifs is 5. The smallest absolute Gasteiger partial charge is 0.190 e. The third kappa shape index (κ3) is 2.09. The summed E-state index contributed by atoms with van der Waals surface area (Å²) in [5, 5.41) is 20.5. The van der Waals surface area contributed by atoms with Crippen molar-refractivity contribution in [2.75, 3.05) is 6.61 Å². The van der Waals surface area contributed by atoms with Gasteiger partial charge in [-0.05, 0) is 43.4 Å². The van der Waals surface area contributed by atoms with E-state index in [-0.39, 0.29) is 35.4 Å². The highest BCUT2D eigenvalue weighted by atomic mass is 16.3. The lowest BCUT2D eigenvalue weighted by molar-refractivity contribution is -0.168. The number of hydrogen-bond acceptors (Lipinski definition) is 4. The van der Waals surface area contributed by atoms with Crippen LogP contribution >= 0.6 is 0 Å². The summed E-state index contributed by atoms with van der Waals surface area (Å²) >= 11 is 0. The quantitative estimate of drug-likeness (QED) is 0.745. The summed E-state index contributed by atoms with van der Waals surface area (Å²) in [6, 6.07) is 0. The van der Waals surface area contributed by atoms with E-state index >= 15 is 0 Å². The van der Waals surface area contributed by atoms with E-state index in [2.05, 4.69) is 32.1 Å². The molecule has 0 bridgehead atoms. The molecule has 0 aromatic rings. The Morgan fingerprint density at radius 2 is 2.04 bits per heavy atom. The highest BCUT2D eigenvalue weighted by Crippen LogP contribution is 2.66. The third-order valence-electron chi connectivity index (χ3n) is 8.31. The van der Waals surface area contributed by atoms with Gasteiger partial charge in [-0.25, -0.2) is 0 Å². The van der Waals surface area contributed by atoms with Gasteiger partial charge in [0.2, 0.25) is 0 Å². The van der Waals surface area contributed by atoms with Gasteiger partial charge < -0.3 is 10.2 Å². The molecule has 4 aliphatic rings. The van der Waals surface area contributed by atoms with Crippen molar-refractivity contribution in [3.8, 4) is 0 Å². The van der Waals surface area contributed by atoms with Crippen molar-refractivity contribution in [2.45, 2.75) is 58.5 Å². The summed E-state index contributed by atoms with van der Waals surface area (Å²) in [4.78, 5) is 25.7. The molecule has 26 heavy (non-hydrogen) atoms. The molecule has 142 valence electrons. The van der Waals surface area contributed by atoms with Gasteiger partial charge in [0.15, 0.2) is 5.78 Å². The zero-order valence-electron chi connectivity index (χ0n) is 16.0. The van der Waals surface area contributed by atoms with Gasteiger partial charge in [0.25, 0.3) is 0 Å². The highest BCUT2D eigenvalue weighted by molar-refractivity contribution is 5.92. The summed E-state index contributed by atoms with van der Waals surface area (Å²) in [6.45, 7) is 5.61. The molecule has 1 unspecified atom stereocenters. The SMILES string of the molecule is CC1C=C[C@@]2(C)C(=C1)CC[C@@H]1[C@@H]2C(=O)C[C@@]2(C)[C@H]1CC[C@]2(O)C(=O)CO. The number of carbonyl (C=O) groups excluding carboxylic acids is 2. The fraction of sp³-hybridized carbons (Fsp3) is 0.727. The van der Waals surface area contributed by atoms with Crippen molar-refractivity contribution in [1.82, 2.24) is 0 Å². The van der Waals surface area contributed by atoms with E-state index in [1.807, 2.05) is 6.92 Å². The van der Waals surface area contributed by atoms with Crippen molar-refractivity contribution in [3.05, 3.63) is 23.8 Å². The van der Waals surface area contributed by atoms with Gasteiger partial charge in [-0.3, -0.25) is 9.59 Å². The van der Waals surface area contributed by atoms with Crippen molar-refractivity contribution >= 4 is 11.6 Å². The maximum absolute atomic E-state index is 13.4. The van der Waals surface area contributed by atoms with E-state index in [0.717, 1.165) is 19.3 Å². The summed E-state index contributed by atoms with van der Waals surface area (Å²) in [7, 11) is 0. The van der Waals surface area contributed by atoms with Crippen LogP contribution in [-0.2, 0) is 9.59 Å². The van der Waals surface area contributed by atoms with Gasteiger partial charge in [-0.1, -0.05) is 44.6 Å². The highest BCUT2D eigenvalue weighted by Gasteiger charge is 2.68. The van der Waals surface area contributed by atoms with Crippen LogP contribution in [0.4, 0.5) is 0 Å². The van der Waals surface area contributed by atoms with Crippen LogP contribution in [0.3, 0.4) is 0 Å². The topological polar surface area (TPSA) is 74.6 Å². The first kappa shape index (κ1) is 18.1. The Kier molecular flexibility index (Phi) is 3.92. The van der Waals surface area contributed by atoms with Crippen LogP contribution < -0.4 is 0 Å². The Morgan fingerprint density at radius 3 is 2.73 bits per heavy atom. The molecular formula is C22H30O4. The normalized spacial score (nSPS) is 49.9. The molecular weight excluding hydrogens is 328 g/mol. The van der Waals surface area contributed by atoms with E-state index in [1.165, 1.54) is 5.57 Å². The van der Waals surface area contributed by atoms with Gasteiger partial charge >= 0.3 is 0 Å². The fourth-order valence-electron chi connectivity index (χ4n) is 6.91. The Labute approximate surface area is 155 Å². The van der Waals surface area contributed by atoms with Gasteiger partial charge in [0, 0.05) is 23.2 Å². The average molecular weight is 358 g/mol. The minimum atomic E-state index is -1.57. The van der Waals surface area contributed by atoms with E-state index in [1.54, 1.807) is 0 Å². The van der Waals surface area contributed by atoms with E-state index in [4.69, 9.17) is 0 Å². The zero-order chi connectivity index (χ0) is 18.9. The second-order valence-electron chi connectivity index (χ2n) is 9.52. The molecule has 2 N–H and O–H groups in total. The van der Waals surface area contributed by atoms with Crippen LogP contribution in [0.25, 0.3) is 0 Å². The molecule has 0 saturated heterocycles. The molecule has 0 spiro atoms. The third-order valence-corrected chi connectivity index (χ3v) is 8.31. The number of hydrogen-bond donors (Lipinski definition) is 2. The Bertz CT molecular complexity index is 722. The minimum absolute atomic E-state index is 0.0593. The van der Waals surface area contributed by atoms with Gasteiger partial charge in [0.1, 0.15) is 18.0 Å². The molecule has 0 aromatic carbocycles. The molecule has 4 aliphatic carbocycles. The van der Waals surface area contributed by atoms with Crippen LogP contribution in [0.5, 0.6) is 0 Å². The molecule has 4 rings (SSSR count). The molecule has 0 heterocycles. The standard InChI is InChI=1S/C22H30O4/c1-13-6-8-20(2)14(10-13)4-5-15-16-7-9-22(26,18(25)12-23)21(16,3)11-17(24)19(15)20/h6,8,10,13,15-16,19,23,26H,4-5,7,9,11-12H2,1-3H3/t13?,15-,16-,19+,20-,21-,22-/m0/s1. The van der Waals surface area contributed by atoms with Gasteiger partial charge in [-0.15, -0.1) is 0 Å². The molecule has 7 atom stereocenters. The van der Waals surface area contributed by atoms with Crippen molar-refractivity contribution < 1.29 is 19.8 Å². The summed E-state index contributed by atoms with van der Waals surface area (Å²) < 4.78 is 0. The minimum Gasteiger partial charge on any atom is -0.388 e. The molecule has 0 aromatic heterocycles. The molecule has 0 amide bonds. The number of ketones is 2. The number of aliphatic hydroxyl groups is 2. The average Bonchev–Trinajstić information content (AvgIpc) is 2.86. The van der Waals surface area contributed by atoms with E-state index in [0.29, 0.717) is 12.3 Å². The molecule has 0 radical (unpaired) electrons. The summed E-state index contributed by atoms with van der Waals surface area (Å²) in [5.41, 5.74) is -1.17. The van der Waals surface area contributed by atoms with E-state index < -0.39 is 23.4 Å². The lowest BCUT2D eigenvalue weighted by Gasteiger charge is -2.57. The first-order valence-corrected chi connectivity index (χ1v) is 9.97. The number of Topliss-reactive ketones (excluding diaryl/α,β-unsaturated/α-hetero) is 2. The maximum Gasteiger partial charge on any atom is 0.190 e. The maximum atomic E-state index is 13.4. The van der Waals surface area contributed by atoms with Gasteiger partial charge in [-0.2, -0.15) is 0 Å². The Hall–Kier alpha value is -1.26. The van der Waals surface area contributed by atoms with Crippen LogP contribution in [0.2, 0.25) is 0 Å². The van der Waals surface area contributed by atoms with Crippen LogP contribution in [-0.4, -0.2) is 34.0 Å². The molecule has 3 saturated carbocycles. The summed E-state index contributed by atoms with van der Waals surface area (Å²) in [5.74, 6) is 0.349. The van der Waals surface area contributed by atoms with Crippen molar-refractivity contribution in [3.63, 3.8) is 0 Å². The molecule has 4 heteroatoms. The summed E-state index contributed by atoms with van der Waals surface area (Å²) in [6.07, 6.45) is 10.0. The van der Waals surface area contributed by atoms with Crippen molar-refractivity contribution in [1.29, 1.82) is 0 Å². The number of carbonyl (C=O) groups is 2. The second-order valence-corrected chi connectivity index (χ2v) is 9.52. The molecule has 0 aliphatic heterocycles. The predicted molar refractivity (Wildman–Crippen MR) is 98.2 cm³/mol. The Balaban J connectivity index is 1.75. The fourth-order valence-corrected chi connectivity index (χ4v) is 6.91. The lowest BCUT2D eigenvalue weighted by atomic mass is 9.46. The van der Waals surface area contributed by atoms with E-state index in [9.17, 15) is 19.8 Å². The predicted octanol–water partition coefficient (Wildman–Crippen LogP) is 2.83.